The first kappa shape index (κ1) is 20.2. The Kier molecular flexibility index (Phi) is 8.90. The second-order valence-corrected chi connectivity index (χ2v) is 6.48. The van der Waals surface area contributed by atoms with Crippen molar-refractivity contribution in [1.82, 2.24) is 15.5 Å². The normalized spacial score (nSPS) is 19.3. The Labute approximate surface area is 134 Å². The van der Waals surface area contributed by atoms with Crippen LogP contribution in [0.25, 0.3) is 0 Å². The van der Waals surface area contributed by atoms with E-state index in [0.29, 0.717) is 12.3 Å². The molecule has 1 aliphatic rings. The lowest BCUT2D eigenvalue weighted by Crippen LogP contribution is -2.53. The quantitative estimate of drug-likeness (QED) is 0.778. The molecule has 21 heavy (non-hydrogen) atoms. The van der Waals surface area contributed by atoms with Crippen LogP contribution in [0.1, 0.15) is 40.5 Å². The third kappa shape index (κ3) is 6.22. The number of carbonyl (C=O) groups is 2. The largest absolute Gasteiger partial charge is 0.344 e. The van der Waals surface area contributed by atoms with Crippen molar-refractivity contribution in [2.24, 2.45) is 11.8 Å². The Morgan fingerprint density at radius 2 is 1.90 bits per heavy atom. The van der Waals surface area contributed by atoms with Gasteiger partial charge in [-0.15, -0.1) is 12.4 Å². The van der Waals surface area contributed by atoms with Gasteiger partial charge in [-0.2, -0.15) is 0 Å². The summed E-state index contributed by atoms with van der Waals surface area (Å²) in [4.78, 5) is 26.3. The number of likely N-dealkylation sites (N-methyl/N-ethyl adjacent to an activating group) is 1. The predicted molar refractivity (Wildman–Crippen MR) is 87.5 cm³/mol. The van der Waals surface area contributed by atoms with Crippen molar-refractivity contribution in [3.05, 3.63) is 0 Å². The summed E-state index contributed by atoms with van der Waals surface area (Å²) in [5, 5.41) is 6.16. The van der Waals surface area contributed by atoms with E-state index in [4.69, 9.17) is 0 Å². The number of amides is 2. The van der Waals surface area contributed by atoms with Crippen LogP contribution in [-0.4, -0.2) is 48.9 Å². The first-order valence-electron chi connectivity index (χ1n) is 7.59. The molecule has 0 aliphatic carbocycles. The molecule has 2 N–H and O–H groups in total. The van der Waals surface area contributed by atoms with E-state index in [1.54, 1.807) is 4.90 Å². The molecule has 1 fully saturated rings. The lowest BCUT2D eigenvalue weighted by molar-refractivity contribution is -0.138. The molecule has 0 radical (unpaired) electrons. The van der Waals surface area contributed by atoms with Crippen molar-refractivity contribution >= 4 is 24.2 Å². The summed E-state index contributed by atoms with van der Waals surface area (Å²) >= 11 is 0. The number of halogens is 1. The molecule has 0 aromatic carbocycles. The van der Waals surface area contributed by atoms with Crippen LogP contribution in [0.3, 0.4) is 0 Å². The molecule has 2 atom stereocenters. The zero-order valence-corrected chi connectivity index (χ0v) is 14.6. The zero-order chi connectivity index (χ0) is 15.3. The molecule has 6 heteroatoms. The summed E-state index contributed by atoms with van der Waals surface area (Å²) in [6.07, 6.45) is 1.44. The van der Waals surface area contributed by atoms with E-state index in [9.17, 15) is 9.59 Å². The Bertz CT molecular complexity index is 342. The summed E-state index contributed by atoms with van der Waals surface area (Å²) in [5.41, 5.74) is 0. The van der Waals surface area contributed by atoms with Crippen molar-refractivity contribution in [2.75, 3.05) is 20.1 Å². The van der Waals surface area contributed by atoms with Crippen LogP contribution in [0.15, 0.2) is 0 Å². The molecule has 0 saturated carbocycles. The highest BCUT2D eigenvalue weighted by molar-refractivity contribution is 5.88. The van der Waals surface area contributed by atoms with Gasteiger partial charge in [-0.3, -0.25) is 9.59 Å². The van der Waals surface area contributed by atoms with Gasteiger partial charge in [-0.05, 0) is 24.8 Å². The van der Waals surface area contributed by atoms with Crippen molar-refractivity contribution in [3.8, 4) is 0 Å². The SMILES string of the molecule is CC(C)CC(=O)NC(C(=O)N(C)C1CCNC1)C(C)C.Cl. The fourth-order valence-corrected chi connectivity index (χ4v) is 2.49. The summed E-state index contributed by atoms with van der Waals surface area (Å²) in [6, 6.07) is -0.183. The maximum Gasteiger partial charge on any atom is 0.245 e. The van der Waals surface area contributed by atoms with Gasteiger partial charge in [0.05, 0.1) is 0 Å². The number of nitrogens with zero attached hydrogens (tertiary/aromatic N) is 1. The van der Waals surface area contributed by atoms with E-state index >= 15 is 0 Å². The van der Waals surface area contributed by atoms with Gasteiger partial charge in [0.2, 0.25) is 11.8 Å². The van der Waals surface area contributed by atoms with E-state index in [-0.39, 0.29) is 36.2 Å². The molecular formula is C15H30ClN3O2. The van der Waals surface area contributed by atoms with Gasteiger partial charge < -0.3 is 15.5 Å². The van der Waals surface area contributed by atoms with Crippen LogP contribution >= 0.6 is 12.4 Å². The van der Waals surface area contributed by atoms with Gasteiger partial charge in [-0.1, -0.05) is 27.7 Å². The van der Waals surface area contributed by atoms with Gasteiger partial charge in [0.1, 0.15) is 6.04 Å². The first-order chi connectivity index (χ1) is 9.32. The average Bonchev–Trinajstić information content (AvgIpc) is 2.86. The second kappa shape index (κ2) is 9.26. The molecule has 2 unspecified atom stereocenters. The van der Waals surface area contributed by atoms with Crippen LogP contribution in [-0.2, 0) is 9.59 Å². The average molecular weight is 320 g/mol. The van der Waals surface area contributed by atoms with Crippen LogP contribution in [0, 0.1) is 11.8 Å². The minimum absolute atomic E-state index is 0. The summed E-state index contributed by atoms with van der Waals surface area (Å²) in [5.74, 6) is 0.376. The van der Waals surface area contributed by atoms with Crippen LogP contribution < -0.4 is 10.6 Å². The third-order valence-electron chi connectivity index (χ3n) is 3.77. The van der Waals surface area contributed by atoms with Crippen LogP contribution in [0.4, 0.5) is 0 Å². The first-order valence-corrected chi connectivity index (χ1v) is 7.59. The van der Waals surface area contributed by atoms with E-state index < -0.39 is 6.04 Å². The molecule has 0 aromatic rings. The highest BCUT2D eigenvalue weighted by Crippen LogP contribution is 2.12. The second-order valence-electron chi connectivity index (χ2n) is 6.48. The molecule has 124 valence electrons. The molecule has 1 aliphatic heterocycles. The lowest BCUT2D eigenvalue weighted by atomic mass is 10.0. The Hall–Kier alpha value is -0.810. The van der Waals surface area contributed by atoms with Gasteiger partial charge >= 0.3 is 0 Å². The topological polar surface area (TPSA) is 61.4 Å². The smallest absolute Gasteiger partial charge is 0.245 e. The van der Waals surface area contributed by atoms with E-state index in [1.165, 1.54) is 0 Å². The summed E-state index contributed by atoms with van der Waals surface area (Å²) in [6.45, 7) is 9.74. The van der Waals surface area contributed by atoms with Crippen molar-refractivity contribution in [2.45, 2.75) is 52.6 Å². The molecule has 1 rings (SSSR count). The Balaban J connectivity index is 0.00000400. The standard InChI is InChI=1S/C15H29N3O2.ClH/c1-10(2)8-13(19)17-14(11(3)4)15(20)18(5)12-6-7-16-9-12;/h10-12,14,16H,6-9H2,1-5H3,(H,17,19);1H. The Morgan fingerprint density at radius 3 is 2.33 bits per heavy atom. The fraction of sp³-hybridized carbons (Fsp3) is 0.867. The molecular weight excluding hydrogens is 290 g/mol. The zero-order valence-electron chi connectivity index (χ0n) is 13.8. The molecule has 1 heterocycles. The number of carbonyl (C=O) groups excluding carboxylic acids is 2. The van der Waals surface area contributed by atoms with E-state index in [1.807, 2.05) is 34.7 Å². The number of hydrogen-bond donors (Lipinski definition) is 2. The molecule has 2 amide bonds. The van der Waals surface area contributed by atoms with E-state index in [0.717, 1.165) is 19.5 Å². The third-order valence-corrected chi connectivity index (χ3v) is 3.77. The molecule has 0 bridgehead atoms. The van der Waals surface area contributed by atoms with Crippen molar-refractivity contribution < 1.29 is 9.59 Å². The minimum Gasteiger partial charge on any atom is -0.344 e. The van der Waals surface area contributed by atoms with E-state index in [2.05, 4.69) is 10.6 Å². The lowest BCUT2D eigenvalue weighted by Gasteiger charge is -2.30. The highest BCUT2D eigenvalue weighted by Gasteiger charge is 2.31. The Morgan fingerprint density at radius 1 is 1.29 bits per heavy atom. The highest BCUT2D eigenvalue weighted by atomic mass is 35.5. The van der Waals surface area contributed by atoms with Crippen LogP contribution in [0.5, 0.6) is 0 Å². The monoisotopic (exact) mass is 319 g/mol. The van der Waals surface area contributed by atoms with Gasteiger partial charge in [0.25, 0.3) is 0 Å². The van der Waals surface area contributed by atoms with Gasteiger partial charge in [-0.25, -0.2) is 0 Å². The number of nitrogens with one attached hydrogen (secondary N) is 2. The molecule has 0 aromatic heterocycles. The number of rotatable bonds is 6. The summed E-state index contributed by atoms with van der Waals surface area (Å²) < 4.78 is 0. The van der Waals surface area contributed by atoms with Gasteiger partial charge in [0.15, 0.2) is 0 Å². The van der Waals surface area contributed by atoms with Crippen molar-refractivity contribution in [1.29, 1.82) is 0 Å². The maximum absolute atomic E-state index is 12.6. The fourth-order valence-electron chi connectivity index (χ4n) is 2.49. The van der Waals surface area contributed by atoms with Gasteiger partial charge in [0, 0.05) is 26.1 Å². The van der Waals surface area contributed by atoms with Crippen molar-refractivity contribution in [3.63, 3.8) is 0 Å². The molecule has 1 saturated heterocycles. The van der Waals surface area contributed by atoms with Crippen LogP contribution in [0.2, 0.25) is 0 Å². The summed E-state index contributed by atoms with van der Waals surface area (Å²) in [7, 11) is 1.84. The predicted octanol–water partition coefficient (Wildman–Crippen LogP) is 1.42. The minimum atomic E-state index is -0.424. The molecule has 0 spiro atoms. The maximum atomic E-state index is 12.6. The molecule has 5 nitrogen and oxygen atoms in total. The number of hydrogen-bond acceptors (Lipinski definition) is 3.